The summed E-state index contributed by atoms with van der Waals surface area (Å²) in [4.78, 5) is 4.65. The van der Waals surface area contributed by atoms with E-state index in [4.69, 9.17) is 5.21 Å². The Balaban J connectivity index is 4.88. The molecule has 0 amide bonds. The SMILES string of the molecule is CON=C(SC)C(=NO)C(C)(C)C. The molecule has 0 rings (SSSR count). The van der Waals surface area contributed by atoms with Gasteiger partial charge in [0.25, 0.3) is 0 Å². The van der Waals surface area contributed by atoms with Crippen molar-refractivity contribution in [3.63, 3.8) is 0 Å². The first-order valence-corrected chi connectivity index (χ1v) is 5.08. The van der Waals surface area contributed by atoms with Crippen molar-refractivity contribution in [3.05, 3.63) is 0 Å². The fraction of sp³-hybridized carbons (Fsp3) is 0.750. The number of oxime groups is 2. The van der Waals surface area contributed by atoms with E-state index in [1.165, 1.54) is 18.9 Å². The van der Waals surface area contributed by atoms with Gasteiger partial charge in [-0.1, -0.05) is 31.1 Å². The summed E-state index contributed by atoms with van der Waals surface area (Å²) in [6.45, 7) is 5.84. The van der Waals surface area contributed by atoms with E-state index in [2.05, 4.69) is 15.1 Å². The lowest BCUT2D eigenvalue weighted by atomic mass is 9.91. The minimum atomic E-state index is -0.241. The Bertz CT molecular complexity index is 219. The number of thioether (sulfide) groups is 1. The monoisotopic (exact) mass is 204 g/mol. The van der Waals surface area contributed by atoms with Crippen molar-refractivity contribution in [3.8, 4) is 0 Å². The molecule has 0 saturated carbocycles. The molecule has 0 aromatic carbocycles. The van der Waals surface area contributed by atoms with Crippen molar-refractivity contribution < 1.29 is 10.0 Å². The molecule has 76 valence electrons. The predicted octanol–water partition coefficient (Wildman–Crippen LogP) is 2.19. The quantitative estimate of drug-likeness (QED) is 0.324. The molecule has 0 unspecified atom stereocenters. The van der Waals surface area contributed by atoms with Gasteiger partial charge in [0.05, 0.1) is 0 Å². The van der Waals surface area contributed by atoms with Crippen LogP contribution >= 0.6 is 11.8 Å². The van der Waals surface area contributed by atoms with Gasteiger partial charge in [-0.3, -0.25) is 0 Å². The molecule has 0 fully saturated rings. The maximum Gasteiger partial charge on any atom is 0.161 e. The third-order valence-corrected chi connectivity index (χ3v) is 2.04. The van der Waals surface area contributed by atoms with Gasteiger partial charge >= 0.3 is 0 Å². The predicted molar refractivity (Wildman–Crippen MR) is 56.6 cm³/mol. The fourth-order valence-corrected chi connectivity index (χ4v) is 1.46. The Morgan fingerprint density at radius 2 is 1.92 bits per heavy atom. The molecule has 0 aliphatic heterocycles. The van der Waals surface area contributed by atoms with Crippen LogP contribution in [0.5, 0.6) is 0 Å². The summed E-state index contributed by atoms with van der Waals surface area (Å²) in [6.07, 6.45) is 1.86. The zero-order chi connectivity index (χ0) is 10.5. The Labute approximate surface area is 83.0 Å². The number of nitrogens with zero attached hydrogens (tertiary/aromatic N) is 2. The number of hydrogen-bond donors (Lipinski definition) is 1. The van der Waals surface area contributed by atoms with Crippen LogP contribution in [0.4, 0.5) is 0 Å². The van der Waals surface area contributed by atoms with E-state index in [-0.39, 0.29) is 5.41 Å². The minimum Gasteiger partial charge on any atom is -0.411 e. The third kappa shape index (κ3) is 3.67. The molecule has 0 spiro atoms. The lowest BCUT2D eigenvalue weighted by Crippen LogP contribution is -2.27. The van der Waals surface area contributed by atoms with Gasteiger partial charge in [0, 0.05) is 5.41 Å². The molecule has 5 heteroatoms. The Morgan fingerprint density at radius 3 is 2.15 bits per heavy atom. The van der Waals surface area contributed by atoms with E-state index < -0.39 is 0 Å². The van der Waals surface area contributed by atoms with E-state index in [9.17, 15) is 0 Å². The summed E-state index contributed by atoms with van der Waals surface area (Å²) in [6, 6.07) is 0. The molecule has 0 aromatic rings. The average Bonchev–Trinajstić information content (AvgIpc) is 2.01. The van der Waals surface area contributed by atoms with Gasteiger partial charge in [-0.2, -0.15) is 0 Å². The smallest absolute Gasteiger partial charge is 0.161 e. The van der Waals surface area contributed by atoms with E-state index >= 15 is 0 Å². The van der Waals surface area contributed by atoms with Crippen LogP contribution in [0.2, 0.25) is 0 Å². The van der Waals surface area contributed by atoms with Crippen molar-refractivity contribution in [1.29, 1.82) is 0 Å². The number of hydrogen-bond acceptors (Lipinski definition) is 5. The fourth-order valence-electron chi connectivity index (χ4n) is 0.774. The summed E-state index contributed by atoms with van der Waals surface area (Å²) in [5.41, 5.74) is 0.289. The van der Waals surface area contributed by atoms with Gasteiger partial charge in [-0.25, -0.2) is 0 Å². The maximum absolute atomic E-state index is 8.83. The van der Waals surface area contributed by atoms with Crippen LogP contribution in [-0.2, 0) is 4.84 Å². The first kappa shape index (κ1) is 12.3. The standard InChI is InChI=1S/C8H16N2O2S/c1-8(2,3)6(9-11)7(13-5)10-12-4/h11H,1-5H3. The van der Waals surface area contributed by atoms with Crippen molar-refractivity contribution in [2.24, 2.45) is 15.7 Å². The van der Waals surface area contributed by atoms with Crippen molar-refractivity contribution in [2.45, 2.75) is 20.8 Å². The zero-order valence-corrected chi connectivity index (χ0v) is 9.47. The summed E-state index contributed by atoms with van der Waals surface area (Å²) in [5, 5.41) is 16.4. The molecular weight excluding hydrogens is 188 g/mol. The summed E-state index contributed by atoms with van der Waals surface area (Å²) in [7, 11) is 1.47. The molecule has 1 N–H and O–H groups in total. The van der Waals surface area contributed by atoms with Gasteiger partial charge in [-0.05, 0) is 6.26 Å². The molecule has 0 atom stereocenters. The van der Waals surface area contributed by atoms with E-state index in [1.54, 1.807) is 0 Å². The number of rotatable bonds is 2. The highest BCUT2D eigenvalue weighted by Gasteiger charge is 2.25. The lowest BCUT2D eigenvalue weighted by molar-refractivity contribution is 0.215. The van der Waals surface area contributed by atoms with Gasteiger partial charge in [0.1, 0.15) is 12.8 Å². The van der Waals surface area contributed by atoms with Crippen LogP contribution in [0, 0.1) is 5.41 Å². The molecule has 4 nitrogen and oxygen atoms in total. The van der Waals surface area contributed by atoms with Crippen molar-refractivity contribution in [2.75, 3.05) is 13.4 Å². The lowest BCUT2D eigenvalue weighted by Gasteiger charge is -2.19. The second-order valence-electron chi connectivity index (χ2n) is 3.48. The topological polar surface area (TPSA) is 54.2 Å². The van der Waals surface area contributed by atoms with E-state index in [0.29, 0.717) is 10.8 Å². The summed E-state index contributed by atoms with van der Waals surface area (Å²) < 4.78 is 0. The summed E-state index contributed by atoms with van der Waals surface area (Å²) >= 11 is 1.39. The van der Waals surface area contributed by atoms with Gasteiger partial charge < -0.3 is 10.0 Å². The first-order chi connectivity index (χ1) is 5.97. The molecule has 0 aliphatic carbocycles. The van der Waals surface area contributed by atoms with Crippen LogP contribution in [0.15, 0.2) is 10.3 Å². The first-order valence-electron chi connectivity index (χ1n) is 3.85. The minimum absolute atomic E-state index is 0.241. The second-order valence-corrected chi connectivity index (χ2v) is 4.28. The highest BCUT2D eigenvalue weighted by Crippen LogP contribution is 2.20. The highest BCUT2D eigenvalue weighted by atomic mass is 32.2. The van der Waals surface area contributed by atoms with Gasteiger partial charge in [0.2, 0.25) is 0 Å². The van der Waals surface area contributed by atoms with Crippen LogP contribution in [-0.4, -0.2) is 29.3 Å². The normalized spacial score (nSPS) is 14.5. The summed E-state index contributed by atoms with van der Waals surface area (Å²) in [5.74, 6) is 0. The van der Waals surface area contributed by atoms with E-state index in [0.717, 1.165) is 0 Å². The molecule has 0 radical (unpaired) electrons. The van der Waals surface area contributed by atoms with Crippen LogP contribution < -0.4 is 0 Å². The largest absolute Gasteiger partial charge is 0.411 e. The maximum atomic E-state index is 8.83. The molecule has 0 aromatic heterocycles. The van der Waals surface area contributed by atoms with Gasteiger partial charge in [-0.15, -0.1) is 11.8 Å². The molecule has 0 bridgehead atoms. The molecule has 0 aliphatic rings. The third-order valence-electron chi connectivity index (χ3n) is 1.38. The molecule has 13 heavy (non-hydrogen) atoms. The van der Waals surface area contributed by atoms with E-state index in [1.807, 2.05) is 27.0 Å². The Kier molecular flexibility index (Phi) is 4.83. The molecular formula is C8H16N2O2S. The Hall–Kier alpha value is -0.710. The Morgan fingerprint density at radius 1 is 1.38 bits per heavy atom. The van der Waals surface area contributed by atoms with Crippen molar-refractivity contribution in [1.82, 2.24) is 0 Å². The second kappa shape index (κ2) is 5.11. The van der Waals surface area contributed by atoms with Crippen LogP contribution in [0.1, 0.15) is 20.8 Å². The van der Waals surface area contributed by atoms with Gasteiger partial charge in [0.15, 0.2) is 5.04 Å². The zero-order valence-electron chi connectivity index (χ0n) is 8.66. The highest BCUT2D eigenvalue weighted by molar-refractivity contribution is 8.15. The van der Waals surface area contributed by atoms with Crippen LogP contribution in [0.25, 0.3) is 0 Å². The molecule has 0 saturated heterocycles. The van der Waals surface area contributed by atoms with Crippen molar-refractivity contribution >= 4 is 22.5 Å². The van der Waals surface area contributed by atoms with Crippen LogP contribution in [0.3, 0.4) is 0 Å². The average molecular weight is 204 g/mol. The molecule has 0 heterocycles.